The monoisotopic (exact) mass is 441 g/mol. The number of carbonyl (C=O) groups excluding carboxylic acids is 1. The van der Waals surface area contributed by atoms with Gasteiger partial charge in [-0.25, -0.2) is 0 Å². The number of hydrogen-bond acceptors (Lipinski definition) is 4. The third kappa shape index (κ3) is 4.77. The summed E-state index contributed by atoms with van der Waals surface area (Å²) in [5.41, 5.74) is 6.23. The summed E-state index contributed by atoms with van der Waals surface area (Å²) >= 11 is 0. The summed E-state index contributed by atoms with van der Waals surface area (Å²) in [4.78, 5) is 12.8. The smallest absolute Gasteiger partial charge is 0.248 e. The molecule has 0 spiro atoms. The lowest BCUT2D eigenvalue weighted by atomic mass is 9.99. The van der Waals surface area contributed by atoms with Crippen molar-refractivity contribution in [2.45, 2.75) is 20.8 Å². The molecule has 0 radical (unpaired) electrons. The number of carbonyl (C=O) groups is 1. The van der Waals surface area contributed by atoms with Gasteiger partial charge in [0.1, 0.15) is 17.1 Å². The molecule has 5 nitrogen and oxygen atoms in total. The Morgan fingerprint density at radius 2 is 1.82 bits per heavy atom. The highest BCUT2D eigenvalue weighted by Crippen LogP contribution is 2.37. The molecule has 0 atom stereocenters. The molecule has 0 aliphatic heterocycles. The van der Waals surface area contributed by atoms with Crippen molar-refractivity contribution in [3.63, 3.8) is 0 Å². The molecule has 0 aliphatic rings. The minimum atomic E-state index is -0.243. The molecule has 5 heteroatoms. The van der Waals surface area contributed by atoms with Crippen molar-refractivity contribution in [1.82, 2.24) is 0 Å². The number of amides is 1. The average molecular weight is 442 g/mol. The summed E-state index contributed by atoms with van der Waals surface area (Å²) in [6.07, 6.45) is 3.33. The van der Waals surface area contributed by atoms with Gasteiger partial charge in [0.05, 0.1) is 25.7 Å². The number of furan rings is 1. The fraction of sp³-hybridized carbons (Fsp3) is 0.179. The second-order valence-corrected chi connectivity index (χ2v) is 7.81. The maximum atomic E-state index is 12.8. The van der Waals surface area contributed by atoms with Crippen LogP contribution in [-0.4, -0.2) is 19.6 Å². The zero-order valence-electron chi connectivity index (χ0n) is 19.3. The molecule has 1 heterocycles. The number of nitrogens with one attached hydrogen (secondary N) is 1. The highest BCUT2D eigenvalue weighted by molar-refractivity contribution is 6.06. The second-order valence-electron chi connectivity index (χ2n) is 7.81. The van der Waals surface area contributed by atoms with E-state index in [4.69, 9.17) is 13.9 Å². The Labute approximate surface area is 193 Å². The number of benzene rings is 3. The summed E-state index contributed by atoms with van der Waals surface area (Å²) in [7, 11) is 1.61. The summed E-state index contributed by atoms with van der Waals surface area (Å²) in [5.74, 6) is 1.04. The van der Waals surface area contributed by atoms with Crippen LogP contribution in [-0.2, 0) is 4.79 Å². The van der Waals surface area contributed by atoms with Crippen LogP contribution in [0.1, 0.15) is 25.0 Å². The third-order valence-electron chi connectivity index (χ3n) is 5.48. The molecule has 1 aromatic heterocycles. The van der Waals surface area contributed by atoms with Gasteiger partial charge in [0.15, 0.2) is 0 Å². The van der Waals surface area contributed by atoms with Gasteiger partial charge in [-0.15, -0.1) is 0 Å². The fourth-order valence-electron chi connectivity index (χ4n) is 3.78. The Bertz CT molecular complexity index is 1320. The summed E-state index contributed by atoms with van der Waals surface area (Å²) in [6.45, 7) is 6.38. The predicted molar refractivity (Wildman–Crippen MR) is 133 cm³/mol. The van der Waals surface area contributed by atoms with Crippen LogP contribution in [0.15, 0.2) is 77.4 Å². The Morgan fingerprint density at radius 1 is 1.06 bits per heavy atom. The van der Waals surface area contributed by atoms with Gasteiger partial charge in [0.2, 0.25) is 5.91 Å². The van der Waals surface area contributed by atoms with E-state index < -0.39 is 0 Å². The number of fused-ring (bicyclic) bond motifs is 1. The van der Waals surface area contributed by atoms with E-state index in [1.165, 1.54) is 5.56 Å². The zero-order chi connectivity index (χ0) is 23.4. The van der Waals surface area contributed by atoms with Crippen molar-refractivity contribution >= 4 is 28.1 Å². The second kappa shape index (κ2) is 9.65. The maximum Gasteiger partial charge on any atom is 0.248 e. The Hall–Kier alpha value is -3.99. The third-order valence-corrected chi connectivity index (χ3v) is 5.48. The molecule has 4 aromatic rings. The average Bonchev–Trinajstić information content (AvgIpc) is 3.23. The molecule has 1 N–H and O–H groups in total. The lowest BCUT2D eigenvalue weighted by Gasteiger charge is -2.12. The van der Waals surface area contributed by atoms with Crippen molar-refractivity contribution in [1.29, 1.82) is 0 Å². The van der Waals surface area contributed by atoms with Gasteiger partial charge in [-0.2, -0.15) is 0 Å². The van der Waals surface area contributed by atoms with E-state index in [-0.39, 0.29) is 5.91 Å². The van der Waals surface area contributed by atoms with Gasteiger partial charge in [0.25, 0.3) is 0 Å². The molecule has 0 saturated heterocycles. The normalized spacial score (nSPS) is 11.5. The SMILES string of the molecule is CCOc1ccccc1NC(=O)/C=C(\C)c1cc2c(-c3ccc(C)cc3)coc2cc1OC. The van der Waals surface area contributed by atoms with Crippen molar-refractivity contribution in [2.75, 3.05) is 19.0 Å². The van der Waals surface area contributed by atoms with E-state index in [2.05, 4.69) is 36.5 Å². The molecule has 3 aromatic carbocycles. The standard InChI is InChI=1S/C28H27NO4/c1-5-32-25-9-7-6-8-24(25)29-28(30)14-19(3)21-15-22-23(20-12-10-18(2)11-13-20)17-33-27(22)16-26(21)31-4/h6-17H,5H2,1-4H3,(H,29,30)/b19-14+. The van der Waals surface area contributed by atoms with Gasteiger partial charge in [0, 0.05) is 28.7 Å². The van der Waals surface area contributed by atoms with Crippen molar-refractivity contribution in [3.8, 4) is 22.6 Å². The highest BCUT2D eigenvalue weighted by atomic mass is 16.5. The van der Waals surface area contributed by atoms with E-state index in [9.17, 15) is 4.79 Å². The van der Waals surface area contributed by atoms with Gasteiger partial charge in [-0.1, -0.05) is 42.0 Å². The number of para-hydroxylation sites is 2. The topological polar surface area (TPSA) is 60.7 Å². The van der Waals surface area contributed by atoms with Crippen LogP contribution < -0.4 is 14.8 Å². The van der Waals surface area contributed by atoms with Crippen molar-refractivity contribution < 1.29 is 18.7 Å². The van der Waals surface area contributed by atoms with Crippen LogP contribution >= 0.6 is 0 Å². The van der Waals surface area contributed by atoms with Crippen molar-refractivity contribution in [2.24, 2.45) is 0 Å². The number of methoxy groups -OCH3 is 1. The van der Waals surface area contributed by atoms with Crippen LogP contribution in [0.2, 0.25) is 0 Å². The summed E-state index contributed by atoms with van der Waals surface area (Å²) in [6, 6.07) is 19.6. The van der Waals surface area contributed by atoms with Crippen molar-refractivity contribution in [3.05, 3.63) is 84.1 Å². The van der Waals surface area contributed by atoms with Gasteiger partial charge >= 0.3 is 0 Å². The van der Waals surface area contributed by atoms with Gasteiger partial charge in [-0.05, 0) is 50.1 Å². The summed E-state index contributed by atoms with van der Waals surface area (Å²) < 4.78 is 17.0. The first-order valence-corrected chi connectivity index (χ1v) is 10.9. The van der Waals surface area contributed by atoms with Crippen LogP contribution in [0, 0.1) is 6.92 Å². The molecular weight excluding hydrogens is 414 g/mol. The van der Waals surface area contributed by atoms with Gasteiger partial charge < -0.3 is 19.2 Å². The number of rotatable bonds is 7. The molecular formula is C28H27NO4. The number of anilines is 1. The molecule has 0 bridgehead atoms. The Balaban J connectivity index is 1.69. The molecule has 0 aliphatic carbocycles. The van der Waals surface area contributed by atoms with E-state index in [1.54, 1.807) is 19.4 Å². The number of hydrogen-bond donors (Lipinski definition) is 1. The number of ether oxygens (including phenoxy) is 2. The van der Waals surface area contributed by atoms with E-state index in [1.807, 2.05) is 50.2 Å². The van der Waals surface area contributed by atoms with E-state index >= 15 is 0 Å². The quantitative estimate of drug-likeness (QED) is 0.318. The first-order valence-electron chi connectivity index (χ1n) is 10.9. The number of aryl methyl sites for hydroxylation is 1. The molecule has 4 rings (SSSR count). The molecule has 0 unspecified atom stereocenters. The lowest BCUT2D eigenvalue weighted by molar-refractivity contribution is -0.111. The minimum Gasteiger partial charge on any atom is -0.496 e. The molecule has 33 heavy (non-hydrogen) atoms. The summed E-state index contributed by atoms with van der Waals surface area (Å²) in [5, 5.41) is 3.87. The Morgan fingerprint density at radius 3 is 2.55 bits per heavy atom. The van der Waals surface area contributed by atoms with E-state index in [0.717, 1.165) is 33.2 Å². The lowest BCUT2D eigenvalue weighted by Crippen LogP contribution is -2.10. The highest BCUT2D eigenvalue weighted by Gasteiger charge is 2.15. The zero-order valence-corrected chi connectivity index (χ0v) is 19.3. The van der Waals surface area contributed by atoms with Crippen LogP contribution in [0.3, 0.4) is 0 Å². The molecule has 0 saturated carbocycles. The maximum absolute atomic E-state index is 12.8. The molecule has 0 fully saturated rings. The van der Waals surface area contributed by atoms with E-state index in [0.29, 0.717) is 23.8 Å². The van der Waals surface area contributed by atoms with Crippen LogP contribution in [0.4, 0.5) is 5.69 Å². The van der Waals surface area contributed by atoms with Gasteiger partial charge in [-0.3, -0.25) is 4.79 Å². The fourth-order valence-corrected chi connectivity index (χ4v) is 3.78. The van der Waals surface area contributed by atoms with Crippen LogP contribution in [0.5, 0.6) is 11.5 Å². The first-order chi connectivity index (χ1) is 16.0. The first kappa shape index (κ1) is 22.2. The van der Waals surface area contributed by atoms with Crippen LogP contribution in [0.25, 0.3) is 27.7 Å². The largest absolute Gasteiger partial charge is 0.496 e. The number of allylic oxidation sites excluding steroid dienone is 1. The Kier molecular flexibility index (Phi) is 6.50. The minimum absolute atomic E-state index is 0.243. The predicted octanol–water partition coefficient (Wildman–Crippen LogP) is 6.86. The molecule has 1 amide bonds. The molecule has 168 valence electrons.